The van der Waals surface area contributed by atoms with Gasteiger partial charge in [-0.15, -0.1) is 0 Å². The van der Waals surface area contributed by atoms with Crippen molar-refractivity contribution in [1.82, 2.24) is 4.90 Å². The van der Waals surface area contributed by atoms with Crippen LogP contribution < -0.4 is 4.74 Å². The number of amides is 1. The van der Waals surface area contributed by atoms with Crippen LogP contribution in [0.1, 0.15) is 45.5 Å². The Labute approximate surface area is 186 Å². The molecule has 1 amide bonds. The topological polar surface area (TPSA) is 66.8 Å². The first-order chi connectivity index (χ1) is 15.5. The van der Waals surface area contributed by atoms with Gasteiger partial charge >= 0.3 is 5.97 Å². The monoisotopic (exact) mass is 433 g/mol. The lowest BCUT2D eigenvalue weighted by atomic mass is 10.1. The average molecular weight is 433 g/mol. The number of para-hydroxylation sites is 1. The zero-order valence-corrected chi connectivity index (χ0v) is 17.5. The number of carbonyl (C=O) groups is 2. The van der Waals surface area contributed by atoms with Gasteiger partial charge in [0.15, 0.2) is 11.6 Å². The Bertz CT molecular complexity index is 1090. The van der Waals surface area contributed by atoms with Gasteiger partial charge in [0.25, 0.3) is 5.91 Å². The lowest BCUT2D eigenvalue weighted by Crippen LogP contribution is -2.31. The molecule has 6 heteroatoms. The molecule has 3 aromatic carbocycles. The molecule has 5 nitrogen and oxygen atoms in total. The maximum absolute atomic E-state index is 13.8. The van der Waals surface area contributed by atoms with E-state index in [0.29, 0.717) is 30.3 Å². The summed E-state index contributed by atoms with van der Waals surface area (Å²) in [7, 11) is 0. The average Bonchev–Trinajstić information content (AvgIpc) is 3.63. The molecule has 164 valence electrons. The smallest absolute Gasteiger partial charge is 0.335 e. The van der Waals surface area contributed by atoms with Crippen LogP contribution in [0.4, 0.5) is 4.39 Å². The summed E-state index contributed by atoms with van der Waals surface area (Å²) >= 11 is 0. The number of benzene rings is 3. The summed E-state index contributed by atoms with van der Waals surface area (Å²) in [6.07, 6.45) is 3.36. The minimum atomic E-state index is -0.976. The Kier molecular flexibility index (Phi) is 6.50. The molecule has 3 aromatic rings. The van der Waals surface area contributed by atoms with E-state index in [4.69, 9.17) is 9.84 Å². The molecule has 0 heterocycles. The third-order valence-electron chi connectivity index (χ3n) is 5.53. The summed E-state index contributed by atoms with van der Waals surface area (Å²) in [4.78, 5) is 26.1. The minimum absolute atomic E-state index is 0.106. The Morgan fingerprint density at radius 2 is 1.59 bits per heavy atom. The van der Waals surface area contributed by atoms with Gasteiger partial charge in [-0.05, 0) is 66.4 Å². The normalized spacial score (nSPS) is 12.9. The summed E-state index contributed by atoms with van der Waals surface area (Å²) in [6, 6.07) is 19.4. The van der Waals surface area contributed by atoms with E-state index in [1.807, 2.05) is 0 Å². The number of hydrogen-bond acceptors (Lipinski definition) is 3. The molecular weight excluding hydrogens is 409 g/mol. The second kappa shape index (κ2) is 9.64. The molecule has 0 atom stereocenters. The number of carboxylic acid groups (broad SMARTS) is 1. The highest BCUT2D eigenvalue weighted by molar-refractivity contribution is 5.94. The van der Waals surface area contributed by atoms with E-state index in [0.717, 1.165) is 12.0 Å². The number of aromatic carboxylic acids is 1. The van der Waals surface area contributed by atoms with Crippen LogP contribution in [0.15, 0.2) is 72.8 Å². The van der Waals surface area contributed by atoms with E-state index < -0.39 is 11.8 Å². The van der Waals surface area contributed by atoms with Gasteiger partial charge in [0, 0.05) is 18.7 Å². The number of hydrogen-bond donors (Lipinski definition) is 1. The maximum atomic E-state index is 13.8. The van der Waals surface area contributed by atoms with Crippen molar-refractivity contribution in [2.75, 3.05) is 6.54 Å². The van der Waals surface area contributed by atoms with E-state index >= 15 is 0 Å². The van der Waals surface area contributed by atoms with Crippen molar-refractivity contribution >= 4 is 11.9 Å². The van der Waals surface area contributed by atoms with Gasteiger partial charge in [-0.1, -0.05) is 37.1 Å². The summed E-state index contributed by atoms with van der Waals surface area (Å²) in [5.41, 5.74) is 1.61. The van der Waals surface area contributed by atoms with Crippen molar-refractivity contribution in [1.29, 1.82) is 0 Å². The van der Waals surface area contributed by atoms with Crippen molar-refractivity contribution in [3.63, 3.8) is 0 Å². The predicted octanol–water partition coefficient (Wildman–Crippen LogP) is 5.76. The molecule has 0 radical (unpaired) electrons. The van der Waals surface area contributed by atoms with Crippen LogP contribution in [0.3, 0.4) is 0 Å². The van der Waals surface area contributed by atoms with Gasteiger partial charge < -0.3 is 14.7 Å². The lowest BCUT2D eigenvalue weighted by Gasteiger charge is -2.23. The first-order valence-corrected chi connectivity index (χ1v) is 10.6. The molecule has 0 spiro atoms. The van der Waals surface area contributed by atoms with Crippen LogP contribution >= 0.6 is 0 Å². The molecular formula is C26H24FNO4. The zero-order valence-electron chi connectivity index (χ0n) is 17.5. The first kappa shape index (κ1) is 21.6. The fourth-order valence-corrected chi connectivity index (χ4v) is 3.47. The quantitative estimate of drug-likeness (QED) is 0.466. The third kappa shape index (κ3) is 5.52. The van der Waals surface area contributed by atoms with Crippen LogP contribution in [0.25, 0.3) is 0 Å². The van der Waals surface area contributed by atoms with Crippen LogP contribution in [-0.2, 0) is 6.54 Å². The first-order valence-electron chi connectivity index (χ1n) is 10.6. The minimum Gasteiger partial charge on any atom is -0.478 e. The van der Waals surface area contributed by atoms with Gasteiger partial charge in [-0.3, -0.25) is 4.79 Å². The predicted molar refractivity (Wildman–Crippen MR) is 118 cm³/mol. The van der Waals surface area contributed by atoms with E-state index in [-0.39, 0.29) is 17.2 Å². The largest absolute Gasteiger partial charge is 0.478 e. The molecule has 32 heavy (non-hydrogen) atoms. The summed E-state index contributed by atoms with van der Waals surface area (Å²) in [5.74, 6) is -0.284. The summed E-state index contributed by atoms with van der Waals surface area (Å²) in [6.45, 7) is 1.04. The highest BCUT2D eigenvalue weighted by Crippen LogP contribution is 2.33. The molecule has 4 rings (SSSR count). The Balaban J connectivity index is 1.47. The van der Waals surface area contributed by atoms with Crippen LogP contribution in [0, 0.1) is 11.7 Å². The molecule has 0 aromatic heterocycles. The molecule has 1 saturated carbocycles. The number of carbonyl (C=O) groups excluding carboxylic acids is 1. The Hall–Kier alpha value is -3.67. The zero-order chi connectivity index (χ0) is 22.5. The second-order valence-corrected chi connectivity index (χ2v) is 8.02. The SMILES string of the molecule is O=C(O)c1ccc(CN(CCC2CC2)C(=O)c2ccc(Oc3ccccc3F)cc2)cc1. The molecule has 0 bridgehead atoms. The molecule has 1 N–H and O–H groups in total. The highest BCUT2D eigenvalue weighted by Gasteiger charge is 2.24. The van der Waals surface area contributed by atoms with E-state index in [2.05, 4.69) is 0 Å². The van der Waals surface area contributed by atoms with Crippen LogP contribution in [0.2, 0.25) is 0 Å². The van der Waals surface area contributed by atoms with E-state index in [9.17, 15) is 14.0 Å². The Morgan fingerprint density at radius 1 is 0.938 bits per heavy atom. The second-order valence-electron chi connectivity index (χ2n) is 8.02. The molecule has 1 fully saturated rings. The number of halogens is 1. The van der Waals surface area contributed by atoms with Crippen molar-refractivity contribution in [3.8, 4) is 11.5 Å². The summed E-state index contributed by atoms with van der Waals surface area (Å²) < 4.78 is 19.4. The van der Waals surface area contributed by atoms with E-state index in [1.54, 1.807) is 71.6 Å². The van der Waals surface area contributed by atoms with Gasteiger partial charge in [0.1, 0.15) is 5.75 Å². The highest BCUT2D eigenvalue weighted by atomic mass is 19.1. The maximum Gasteiger partial charge on any atom is 0.335 e. The van der Waals surface area contributed by atoms with Crippen molar-refractivity contribution in [2.24, 2.45) is 5.92 Å². The number of ether oxygens (including phenoxy) is 1. The molecule has 0 unspecified atom stereocenters. The molecule has 0 aliphatic heterocycles. The molecule has 0 saturated heterocycles. The van der Waals surface area contributed by atoms with Gasteiger partial charge in [0.05, 0.1) is 5.56 Å². The Morgan fingerprint density at radius 3 is 2.22 bits per heavy atom. The van der Waals surface area contributed by atoms with Crippen molar-refractivity contribution in [2.45, 2.75) is 25.8 Å². The lowest BCUT2D eigenvalue weighted by molar-refractivity contribution is 0.0694. The van der Waals surface area contributed by atoms with Crippen molar-refractivity contribution in [3.05, 3.63) is 95.3 Å². The fourth-order valence-electron chi connectivity index (χ4n) is 3.47. The molecule has 1 aliphatic rings. The van der Waals surface area contributed by atoms with Crippen LogP contribution in [0.5, 0.6) is 11.5 Å². The van der Waals surface area contributed by atoms with Gasteiger partial charge in [-0.2, -0.15) is 0 Å². The molecule has 1 aliphatic carbocycles. The third-order valence-corrected chi connectivity index (χ3v) is 5.53. The standard InChI is InChI=1S/C26H24FNO4/c27-23-3-1-2-4-24(23)32-22-13-11-20(12-14-22)25(29)28(16-15-18-5-6-18)17-19-7-9-21(10-8-19)26(30)31/h1-4,7-14,18H,5-6,15-17H2,(H,30,31). The number of carboxylic acids is 1. The number of rotatable bonds is 9. The van der Waals surface area contributed by atoms with Gasteiger partial charge in [0.2, 0.25) is 0 Å². The van der Waals surface area contributed by atoms with Crippen LogP contribution in [-0.4, -0.2) is 28.4 Å². The summed E-state index contributed by atoms with van der Waals surface area (Å²) in [5, 5.41) is 9.08. The van der Waals surface area contributed by atoms with Crippen molar-refractivity contribution < 1.29 is 23.8 Å². The fraction of sp³-hybridized carbons (Fsp3) is 0.231. The van der Waals surface area contributed by atoms with E-state index in [1.165, 1.54) is 18.9 Å². The van der Waals surface area contributed by atoms with Gasteiger partial charge in [-0.25, -0.2) is 9.18 Å². The number of nitrogens with zero attached hydrogens (tertiary/aromatic N) is 1.